The number of rotatable bonds is 5. The lowest BCUT2D eigenvalue weighted by atomic mass is 10.2. The van der Waals surface area contributed by atoms with Gasteiger partial charge in [-0.25, -0.2) is 8.42 Å². The Hall–Kier alpha value is -0.630. The summed E-state index contributed by atoms with van der Waals surface area (Å²) in [6.07, 6.45) is 0.514. The maximum Gasteiger partial charge on any atom is 0.264 e. The second-order valence-electron chi connectivity index (χ2n) is 5.46. The quantitative estimate of drug-likeness (QED) is 0.809. The highest BCUT2D eigenvalue weighted by molar-refractivity contribution is 7.91. The Kier molecular flexibility index (Phi) is 5.29. The average Bonchev–Trinajstić information content (AvgIpc) is 2.95. The third-order valence-electron chi connectivity index (χ3n) is 3.48. The van der Waals surface area contributed by atoms with Crippen LogP contribution in [0.15, 0.2) is 12.1 Å². The average molecular weight is 351 g/mol. The summed E-state index contributed by atoms with van der Waals surface area (Å²) in [6, 6.07) is 3.15. The second-order valence-corrected chi connectivity index (χ2v) is 9.41. The molecule has 0 N–H and O–H groups in total. The van der Waals surface area contributed by atoms with Gasteiger partial charge in [-0.3, -0.25) is 4.79 Å². The molecule has 0 saturated carbocycles. The van der Waals surface area contributed by atoms with Gasteiger partial charge < -0.3 is 9.80 Å². The molecule has 2 rings (SSSR count). The van der Waals surface area contributed by atoms with Gasteiger partial charge in [0, 0.05) is 19.1 Å². The third kappa shape index (κ3) is 4.42. The molecule has 21 heavy (non-hydrogen) atoms. The molecule has 8 heteroatoms. The Morgan fingerprint density at radius 1 is 1.38 bits per heavy atom. The van der Waals surface area contributed by atoms with E-state index in [0.29, 0.717) is 28.7 Å². The largest absolute Gasteiger partial charge is 0.333 e. The van der Waals surface area contributed by atoms with Crippen molar-refractivity contribution in [1.29, 1.82) is 0 Å². The summed E-state index contributed by atoms with van der Waals surface area (Å²) in [5.74, 6) is 0.0933. The lowest BCUT2D eigenvalue weighted by Gasteiger charge is -2.29. The van der Waals surface area contributed by atoms with Crippen LogP contribution >= 0.6 is 22.9 Å². The molecule has 1 unspecified atom stereocenters. The van der Waals surface area contributed by atoms with Gasteiger partial charge in [0.15, 0.2) is 9.84 Å². The van der Waals surface area contributed by atoms with Crippen molar-refractivity contribution in [2.75, 3.05) is 38.7 Å². The number of carbonyl (C=O) groups is 1. The Balaban J connectivity index is 2.17. The lowest BCUT2D eigenvalue weighted by molar-refractivity contribution is 0.0689. The molecule has 1 saturated heterocycles. The minimum atomic E-state index is -3.02. The molecule has 1 fully saturated rings. The molecule has 1 atom stereocenters. The van der Waals surface area contributed by atoms with E-state index in [2.05, 4.69) is 0 Å². The number of carbonyl (C=O) groups excluding carboxylic acids is 1. The molecule has 0 radical (unpaired) electrons. The molecule has 1 aromatic heterocycles. The number of sulfone groups is 1. The Morgan fingerprint density at radius 2 is 2.10 bits per heavy atom. The van der Waals surface area contributed by atoms with Gasteiger partial charge in [-0.1, -0.05) is 11.6 Å². The molecule has 1 aliphatic rings. The highest BCUT2D eigenvalue weighted by atomic mass is 35.5. The zero-order valence-corrected chi connectivity index (χ0v) is 14.5. The first kappa shape index (κ1) is 16.7. The maximum absolute atomic E-state index is 12.6. The number of amides is 1. The van der Waals surface area contributed by atoms with Crippen molar-refractivity contribution in [2.24, 2.45) is 0 Å². The molecule has 5 nitrogen and oxygen atoms in total. The minimum Gasteiger partial charge on any atom is -0.333 e. The van der Waals surface area contributed by atoms with Gasteiger partial charge in [-0.15, -0.1) is 11.3 Å². The van der Waals surface area contributed by atoms with E-state index in [1.807, 2.05) is 19.0 Å². The van der Waals surface area contributed by atoms with E-state index in [0.717, 1.165) is 0 Å². The molecule has 0 spiro atoms. The number of nitrogens with zero attached hydrogens (tertiary/aromatic N) is 2. The fraction of sp³-hybridized carbons (Fsp3) is 0.615. The minimum absolute atomic E-state index is 0.0608. The van der Waals surface area contributed by atoms with E-state index in [1.54, 1.807) is 17.0 Å². The maximum atomic E-state index is 12.6. The molecule has 2 heterocycles. The number of likely N-dealkylation sites (N-methyl/N-ethyl adjacent to an activating group) is 1. The first-order valence-corrected chi connectivity index (χ1v) is 9.71. The van der Waals surface area contributed by atoms with Crippen molar-refractivity contribution >= 4 is 38.7 Å². The van der Waals surface area contributed by atoms with Gasteiger partial charge in [0.25, 0.3) is 5.91 Å². The molecule has 118 valence electrons. The van der Waals surface area contributed by atoms with Crippen molar-refractivity contribution in [3.05, 3.63) is 21.3 Å². The van der Waals surface area contributed by atoms with Crippen molar-refractivity contribution in [2.45, 2.75) is 12.5 Å². The van der Waals surface area contributed by atoms with E-state index in [4.69, 9.17) is 11.6 Å². The van der Waals surface area contributed by atoms with Gasteiger partial charge in [0.1, 0.15) is 0 Å². The van der Waals surface area contributed by atoms with Crippen molar-refractivity contribution in [1.82, 2.24) is 9.80 Å². The van der Waals surface area contributed by atoms with Gasteiger partial charge in [0.2, 0.25) is 0 Å². The molecule has 1 aromatic rings. The predicted octanol–water partition coefficient (Wildman–Crippen LogP) is 1.59. The van der Waals surface area contributed by atoms with Crippen LogP contribution in [-0.2, 0) is 9.84 Å². The van der Waals surface area contributed by atoms with Crippen LogP contribution in [0.1, 0.15) is 16.1 Å². The highest BCUT2D eigenvalue weighted by Crippen LogP contribution is 2.25. The molecular formula is C13H19ClN2O3S2. The van der Waals surface area contributed by atoms with E-state index in [1.165, 1.54) is 11.3 Å². The van der Waals surface area contributed by atoms with Crippen molar-refractivity contribution in [3.8, 4) is 0 Å². The van der Waals surface area contributed by atoms with Gasteiger partial charge in [0.05, 0.1) is 20.7 Å². The monoisotopic (exact) mass is 350 g/mol. The first-order valence-electron chi connectivity index (χ1n) is 6.70. The van der Waals surface area contributed by atoms with Crippen LogP contribution in [0.25, 0.3) is 0 Å². The molecule has 0 aromatic carbocycles. The normalized spacial score (nSPS) is 20.9. The SMILES string of the molecule is CN(C)CCN(C(=O)c1ccc(Cl)s1)C1CCS(=O)(=O)C1. The van der Waals surface area contributed by atoms with Crippen LogP contribution in [0.3, 0.4) is 0 Å². The van der Waals surface area contributed by atoms with Crippen LogP contribution in [0, 0.1) is 0 Å². The van der Waals surface area contributed by atoms with E-state index in [-0.39, 0.29) is 23.5 Å². The molecule has 1 aliphatic heterocycles. The molecule has 1 amide bonds. The number of halogens is 1. The number of hydrogen-bond donors (Lipinski definition) is 0. The van der Waals surface area contributed by atoms with Crippen LogP contribution in [0.5, 0.6) is 0 Å². The fourth-order valence-electron chi connectivity index (χ4n) is 2.35. The van der Waals surface area contributed by atoms with Crippen LogP contribution in [0.4, 0.5) is 0 Å². The third-order valence-corrected chi connectivity index (χ3v) is 6.45. The topological polar surface area (TPSA) is 57.7 Å². The predicted molar refractivity (Wildman–Crippen MR) is 86.0 cm³/mol. The Morgan fingerprint density at radius 3 is 2.57 bits per heavy atom. The summed E-state index contributed by atoms with van der Waals surface area (Å²) in [7, 11) is 0.834. The van der Waals surface area contributed by atoms with Gasteiger partial charge >= 0.3 is 0 Å². The van der Waals surface area contributed by atoms with Crippen molar-refractivity contribution < 1.29 is 13.2 Å². The molecule has 0 bridgehead atoms. The molecular weight excluding hydrogens is 332 g/mol. The zero-order valence-electron chi connectivity index (χ0n) is 12.1. The van der Waals surface area contributed by atoms with Gasteiger partial charge in [-0.2, -0.15) is 0 Å². The number of thiophene rings is 1. The Labute approximate surface area is 134 Å². The number of hydrogen-bond acceptors (Lipinski definition) is 5. The van der Waals surface area contributed by atoms with E-state index < -0.39 is 9.84 Å². The summed E-state index contributed by atoms with van der Waals surface area (Å²) in [4.78, 5) is 16.9. The first-order chi connectivity index (χ1) is 9.78. The standard InChI is InChI=1S/C13H19ClN2O3S2/c1-15(2)6-7-16(10-5-8-21(18,19)9-10)13(17)11-3-4-12(14)20-11/h3-4,10H,5-9H2,1-2H3. The molecule has 0 aliphatic carbocycles. The zero-order chi connectivity index (χ0) is 15.6. The van der Waals surface area contributed by atoms with Gasteiger partial charge in [-0.05, 0) is 32.6 Å². The summed E-state index contributed by atoms with van der Waals surface area (Å²) in [5, 5.41) is 0. The lowest BCUT2D eigenvalue weighted by Crippen LogP contribution is -2.44. The second kappa shape index (κ2) is 6.64. The highest BCUT2D eigenvalue weighted by Gasteiger charge is 2.35. The summed E-state index contributed by atoms with van der Waals surface area (Å²) in [6.45, 7) is 1.21. The van der Waals surface area contributed by atoms with Crippen LogP contribution in [-0.4, -0.2) is 68.9 Å². The van der Waals surface area contributed by atoms with E-state index in [9.17, 15) is 13.2 Å². The fourth-order valence-corrected chi connectivity index (χ4v) is 5.08. The summed E-state index contributed by atoms with van der Waals surface area (Å²) >= 11 is 7.11. The Bertz CT molecular complexity index is 613. The summed E-state index contributed by atoms with van der Waals surface area (Å²) < 4.78 is 23.9. The van der Waals surface area contributed by atoms with E-state index >= 15 is 0 Å². The van der Waals surface area contributed by atoms with Crippen LogP contribution in [0.2, 0.25) is 4.34 Å². The summed E-state index contributed by atoms with van der Waals surface area (Å²) in [5.41, 5.74) is 0. The van der Waals surface area contributed by atoms with Crippen LogP contribution < -0.4 is 0 Å². The smallest absolute Gasteiger partial charge is 0.264 e. The van der Waals surface area contributed by atoms with Crippen molar-refractivity contribution in [3.63, 3.8) is 0 Å².